The number of hydrogen-bond donors (Lipinski definition) is 3. The summed E-state index contributed by atoms with van der Waals surface area (Å²) in [7, 11) is 4.68. The highest BCUT2D eigenvalue weighted by Crippen LogP contribution is 2.50. The molecule has 2 aromatic carbocycles. The van der Waals surface area contributed by atoms with Crippen LogP contribution in [0.1, 0.15) is 36.9 Å². The Kier molecular flexibility index (Phi) is 11.0. The highest BCUT2D eigenvalue weighted by Gasteiger charge is 2.30. The van der Waals surface area contributed by atoms with E-state index in [1.165, 1.54) is 6.92 Å². The van der Waals surface area contributed by atoms with Crippen molar-refractivity contribution in [2.24, 2.45) is 0 Å². The number of thioether (sulfide) groups is 1. The average Bonchev–Trinajstić information content (AvgIpc) is 3.41. The molecule has 2 atom stereocenters. The fourth-order valence-electron chi connectivity index (χ4n) is 5.47. The Hall–Kier alpha value is -4.12. The van der Waals surface area contributed by atoms with Gasteiger partial charge in [0, 0.05) is 38.0 Å². The minimum Gasteiger partial charge on any atom is -0.493 e. The number of carbonyl (C=O) groups is 2. The molecular weight excluding hydrogens is 568 g/mol. The van der Waals surface area contributed by atoms with Crippen LogP contribution >= 0.6 is 11.8 Å². The van der Waals surface area contributed by atoms with Gasteiger partial charge in [0.05, 0.1) is 33.1 Å². The van der Waals surface area contributed by atoms with Gasteiger partial charge in [-0.15, -0.1) is 0 Å². The van der Waals surface area contributed by atoms with E-state index in [-0.39, 0.29) is 17.2 Å². The molecule has 1 aromatic heterocycles. The van der Waals surface area contributed by atoms with Gasteiger partial charge in [-0.25, -0.2) is 0 Å². The number of methoxy groups -OCH3 is 3. The molecule has 4 rings (SSSR count). The van der Waals surface area contributed by atoms with Gasteiger partial charge in [0.25, 0.3) is 0 Å². The van der Waals surface area contributed by atoms with Crippen molar-refractivity contribution in [3.63, 3.8) is 0 Å². The van der Waals surface area contributed by atoms with Gasteiger partial charge in [-0.3, -0.25) is 14.4 Å². The lowest BCUT2D eigenvalue weighted by Gasteiger charge is -2.19. The number of anilines is 1. The second-order valence-corrected chi connectivity index (χ2v) is 11.3. The molecule has 2 amide bonds. The van der Waals surface area contributed by atoms with Crippen LogP contribution in [0.3, 0.4) is 0 Å². The minimum atomic E-state index is -0.607. The Bertz CT molecular complexity index is 1490. The summed E-state index contributed by atoms with van der Waals surface area (Å²) >= 11 is 1.63. The molecule has 10 nitrogen and oxygen atoms in total. The molecule has 1 aliphatic rings. The summed E-state index contributed by atoms with van der Waals surface area (Å²) in [5.41, 5.74) is 3.11. The molecule has 3 N–H and O–H groups in total. The van der Waals surface area contributed by atoms with Crippen LogP contribution < -0.4 is 35.6 Å². The molecule has 3 aromatic rings. The molecule has 0 aliphatic heterocycles. The number of aryl methyl sites for hydroxylation is 1. The molecule has 0 unspecified atom stereocenters. The highest BCUT2D eigenvalue weighted by molar-refractivity contribution is 7.98. The Morgan fingerprint density at radius 3 is 2.47 bits per heavy atom. The summed E-state index contributed by atoms with van der Waals surface area (Å²) in [6.07, 6.45) is 7.58. The van der Waals surface area contributed by atoms with Crippen molar-refractivity contribution in [3.05, 3.63) is 70.1 Å². The molecule has 0 radical (unpaired) electrons. The molecule has 0 saturated heterocycles. The van der Waals surface area contributed by atoms with Crippen LogP contribution in [0.4, 0.5) is 5.69 Å². The van der Waals surface area contributed by atoms with E-state index in [0.717, 1.165) is 22.4 Å². The van der Waals surface area contributed by atoms with Crippen LogP contribution in [-0.2, 0) is 22.6 Å². The highest BCUT2D eigenvalue weighted by atomic mass is 32.2. The number of amides is 2. The molecule has 11 heteroatoms. The zero-order valence-corrected chi connectivity index (χ0v) is 26.1. The van der Waals surface area contributed by atoms with Crippen molar-refractivity contribution in [1.29, 1.82) is 0 Å². The first-order valence-electron chi connectivity index (χ1n) is 14.2. The van der Waals surface area contributed by atoms with Crippen molar-refractivity contribution < 1.29 is 23.8 Å². The Labute approximate surface area is 256 Å². The van der Waals surface area contributed by atoms with Gasteiger partial charge in [-0.1, -0.05) is 6.07 Å². The van der Waals surface area contributed by atoms with Crippen LogP contribution in [0, 0.1) is 0 Å². The SMILES string of the molecule is COc1cc2c(c(OC)c1OC)-c1ccc(N[C@@H](CCSC)C(=O)NCCn3cccc3)c(=O)cc1[C@@H](NC(C)=O)CC2. The molecular formula is C32H40N4O6S. The van der Waals surface area contributed by atoms with Crippen LogP contribution in [0.15, 0.2) is 53.6 Å². The van der Waals surface area contributed by atoms with Crippen LogP contribution in [0.2, 0.25) is 0 Å². The summed E-state index contributed by atoms with van der Waals surface area (Å²) < 4.78 is 19.1. The molecule has 0 bridgehead atoms. The number of rotatable bonds is 13. The van der Waals surface area contributed by atoms with Crippen LogP contribution in [0.25, 0.3) is 11.1 Å². The largest absolute Gasteiger partial charge is 0.493 e. The number of nitrogens with one attached hydrogen (secondary N) is 3. The fourth-order valence-corrected chi connectivity index (χ4v) is 5.94. The summed E-state index contributed by atoms with van der Waals surface area (Å²) in [6, 6.07) is 9.88. The lowest BCUT2D eigenvalue weighted by molar-refractivity contribution is -0.122. The Balaban J connectivity index is 1.76. The van der Waals surface area contributed by atoms with E-state index in [2.05, 4.69) is 16.0 Å². The maximum absolute atomic E-state index is 13.7. The van der Waals surface area contributed by atoms with Crippen molar-refractivity contribution in [2.75, 3.05) is 45.2 Å². The first kappa shape index (κ1) is 31.8. The average molecular weight is 609 g/mol. The standard InChI is InChI=1S/C32H40N4O6S/c1-20(37)34-24-10-8-21-18-28(40-2)30(41-3)31(42-4)29(21)22-9-11-25(27(38)19-23(22)24)35-26(12-17-43-5)32(39)33-13-16-36-14-6-7-15-36/h6-7,9,11,14-15,18-19,24,26H,8,10,12-13,16-17H2,1-5H3,(H,33,39)(H,34,37)(H,35,38)/t24-,26-/m0/s1. The van der Waals surface area contributed by atoms with Gasteiger partial charge in [0.2, 0.25) is 23.0 Å². The number of benzene rings is 1. The van der Waals surface area contributed by atoms with Gasteiger partial charge in [0.1, 0.15) is 6.04 Å². The minimum absolute atomic E-state index is 0.173. The van der Waals surface area contributed by atoms with Gasteiger partial charge < -0.3 is 34.7 Å². The monoisotopic (exact) mass is 608 g/mol. The first-order chi connectivity index (χ1) is 20.8. The third kappa shape index (κ3) is 7.45. The topological polar surface area (TPSA) is 120 Å². The lowest BCUT2D eigenvalue weighted by atomic mass is 9.95. The smallest absolute Gasteiger partial charge is 0.242 e. The molecule has 0 spiro atoms. The van der Waals surface area contributed by atoms with Gasteiger partial charge in [-0.05, 0) is 78.3 Å². The molecule has 1 aliphatic carbocycles. The first-order valence-corrected chi connectivity index (χ1v) is 15.6. The maximum atomic E-state index is 13.7. The van der Waals surface area contributed by atoms with E-state index in [1.807, 2.05) is 47.5 Å². The van der Waals surface area contributed by atoms with Crippen LogP contribution in [-0.4, -0.2) is 62.3 Å². The summed E-state index contributed by atoms with van der Waals surface area (Å²) in [6.45, 7) is 2.57. The lowest BCUT2D eigenvalue weighted by Crippen LogP contribution is -2.42. The third-order valence-electron chi connectivity index (χ3n) is 7.51. The van der Waals surface area contributed by atoms with Gasteiger partial charge in [0.15, 0.2) is 11.5 Å². The molecule has 230 valence electrons. The number of ether oxygens (including phenoxy) is 3. The number of hydrogen-bond acceptors (Lipinski definition) is 8. The summed E-state index contributed by atoms with van der Waals surface area (Å²) in [4.78, 5) is 39.2. The van der Waals surface area contributed by atoms with Crippen LogP contribution in [0.5, 0.6) is 17.2 Å². The molecule has 0 saturated carbocycles. The number of carbonyl (C=O) groups excluding carboxylic acids is 2. The molecule has 1 heterocycles. The van der Waals surface area contributed by atoms with E-state index in [0.29, 0.717) is 60.9 Å². The van der Waals surface area contributed by atoms with E-state index in [9.17, 15) is 14.4 Å². The predicted octanol–water partition coefficient (Wildman–Crippen LogP) is 4.01. The van der Waals surface area contributed by atoms with Gasteiger partial charge >= 0.3 is 0 Å². The normalized spacial score (nSPS) is 14.4. The van der Waals surface area contributed by atoms with Crippen molar-refractivity contribution in [2.45, 2.75) is 44.8 Å². The van der Waals surface area contributed by atoms with Gasteiger partial charge in [-0.2, -0.15) is 11.8 Å². The Morgan fingerprint density at radius 2 is 1.81 bits per heavy atom. The molecule has 0 fully saturated rings. The summed E-state index contributed by atoms with van der Waals surface area (Å²) in [5.74, 6) is 1.82. The number of nitrogens with zero attached hydrogens (tertiary/aromatic N) is 1. The predicted molar refractivity (Wildman–Crippen MR) is 171 cm³/mol. The zero-order chi connectivity index (χ0) is 30.9. The zero-order valence-electron chi connectivity index (χ0n) is 25.3. The van der Waals surface area contributed by atoms with Crippen molar-refractivity contribution >= 4 is 29.3 Å². The van der Waals surface area contributed by atoms with Crippen molar-refractivity contribution in [3.8, 4) is 28.4 Å². The quantitative estimate of drug-likeness (QED) is 0.266. The maximum Gasteiger partial charge on any atom is 0.242 e. The third-order valence-corrected chi connectivity index (χ3v) is 8.15. The number of aromatic nitrogens is 1. The second kappa shape index (κ2) is 14.9. The summed E-state index contributed by atoms with van der Waals surface area (Å²) in [5, 5.41) is 9.24. The second-order valence-electron chi connectivity index (χ2n) is 10.3. The van der Waals surface area contributed by atoms with E-state index in [4.69, 9.17) is 14.2 Å². The van der Waals surface area contributed by atoms with E-state index in [1.54, 1.807) is 45.2 Å². The Morgan fingerprint density at radius 1 is 1.07 bits per heavy atom. The van der Waals surface area contributed by atoms with Crippen molar-refractivity contribution in [1.82, 2.24) is 15.2 Å². The van der Waals surface area contributed by atoms with E-state index >= 15 is 0 Å². The van der Waals surface area contributed by atoms with E-state index < -0.39 is 12.1 Å². The number of fused-ring (bicyclic) bond motifs is 3. The fraction of sp³-hybridized carbons (Fsp3) is 0.406. The molecule has 43 heavy (non-hydrogen) atoms.